The van der Waals surface area contributed by atoms with Gasteiger partial charge in [-0.25, -0.2) is 4.98 Å². The lowest BCUT2D eigenvalue weighted by molar-refractivity contribution is 0.426. The Morgan fingerprint density at radius 1 is 0.513 bits per heavy atom. The van der Waals surface area contributed by atoms with Crippen molar-refractivity contribution in [1.82, 2.24) is 9.97 Å². The molecule has 0 aliphatic heterocycles. The fourth-order valence-corrected chi connectivity index (χ4v) is 3.88. The SMILES string of the molecule is C.C.C.Clc1nccc2ccccc12.OB(O)c1ccccc1.c1ccc(-c2nccc3ccccc23)cc1. The fourth-order valence-electron chi connectivity index (χ4n) is 3.65. The summed E-state index contributed by atoms with van der Waals surface area (Å²) >= 11 is 5.85. The summed E-state index contributed by atoms with van der Waals surface area (Å²) in [4.78, 5) is 8.45. The van der Waals surface area contributed by atoms with Crippen LogP contribution < -0.4 is 5.46 Å². The van der Waals surface area contributed by atoms with E-state index in [2.05, 4.69) is 46.4 Å². The van der Waals surface area contributed by atoms with Gasteiger partial charge in [0.1, 0.15) is 5.15 Å². The quantitative estimate of drug-likeness (QED) is 0.173. The molecule has 6 aromatic rings. The topological polar surface area (TPSA) is 66.2 Å². The van der Waals surface area contributed by atoms with Crippen molar-refractivity contribution in [1.29, 1.82) is 0 Å². The normalized spacial score (nSPS) is 9.31. The van der Waals surface area contributed by atoms with Crippen LogP contribution >= 0.6 is 11.6 Å². The van der Waals surface area contributed by atoms with E-state index in [9.17, 15) is 0 Å². The van der Waals surface area contributed by atoms with Gasteiger partial charge in [0.15, 0.2) is 0 Å². The summed E-state index contributed by atoms with van der Waals surface area (Å²) < 4.78 is 0. The third-order valence-corrected chi connectivity index (χ3v) is 5.74. The number of hydrogen-bond donors (Lipinski definition) is 2. The van der Waals surface area contributed by atoms with Gasteiger partial charge in [-0.1, -0.05) is 143 Å². The minimum absolute atomic E-state index is 0. The molecule has 0 amide bonds. The van der Waals surface area contributed by atoms with Crippen molar-refractivity contribution in [2.45, 2.75) is 22.3 Å². The number of benzene rings is 4. The van der Waals surface area contributed by atoms with Crippen LogP contribution in [-0.2, 0) is 0 Å². The highest BCUT2D eigenvalue weighted by Gasteiger charge is 2.07. The first-order valence-electron chi connectivity index (χ1n) is 11.4. The molecule has 0 aliphatic rings. The molecule has 6 heteroatoms. The predicted octanol–water partition coefficient (Wildman–Crippen LogP) is 8.06. The lowest BCUT2D eigenvalue weighted by Crippen LogP contribution is -2.29. The second-order valence-electron chi connectivity index (χ2n) is 7.85. The molecule has 0 saturated carbocycles. The van der Waals surface area contributed by atoms with E-state index >= 15 is 0 Å². The Bertz CT molecular complexity index is 1520. The molecule has 0 saturated heterocycles. The Hall–Kier alpha value is -4.03. The zero-order valence-corrected chi connectivity index (χ0v) is 20.2. The monoisotopic (exact) mass is 538 g/mol. The van der Waals surface area contributed by atoms with E-state index in [0.717, 1.165) is 16.5 Å². The molecule has 4 aromatic carbocycles. The zero-order chi connectivity index (χ0) is 25.2. The lowest BCUT2D eigenvalue weighted by atomic mass is 9.81. The van der Waals surface area contributed by atoms with E-state index in [1.807, 2.05) is 66.9 Å². The molecule has 6 rings (SSSR count). The van der Waals surface area contributed by atoms with E-state index in [1.165, 1.54) is 16.3 Å². The Kier molecular flexibility index (Phi) is 14.2. The van der Waals surface area contributed by atoms with Gasteiger partial charge in [0, 0.05) is 28.7 Å². The van der Waals surface area contributed by atoms with E-state index in [-0.39, 0.29) is 22.3 Å². The summed E-state index contributed by atoms with van der Waals surface area (Å²) in [5.74, 6) is 0. The van der Waals surface area contributed by atoms with Crippen molar-refractivity contribution in [3.05, 3.63) is 139 Å². The number of rotatable bonds is 2. The van der Waals surface area contributed by atoms with Gasteiger partial charge < -0.3 is 10.0 Å². The van der Waals surface area contributed by atoms with Crippen LogP contribution in [0.4, 0.5) is 0 Å². The summed E-state index contributed by atoms with van der Waals surface area (Å²) in [6.45, 7) is 0. The molecule has 0 aliphatic carbocycles. The molecule has 2 aromatic heterocycles. The Morgan fingerprint density at radius 3 is 1.51 bits per heavy atom. The van der Waals surface area contributed by atoms with E-state index in [1.54, 1.807) is 30.5 Å². The van der Waals surface area contributed by atoms with Crippen molar-refractivity contribution in [2.75, 3.05) is 0 Å². The number of aromatic nitrogens is 2. The maximum absolute atomic E-state index is 8.58. The Labute approximate surface area is 237 Å². The molecular formula is C33H36BClN2O2. The number of nitrogens with zero attached hydrogens (tertiary/aromatic N) is 2. The first kappa shape index (κ1) is 33.0. The van der Waals surface area contributed by atoms with Crippen molar-refractivity contribution in [3.63, 3.8) is 0 Å². The standard InChI is InChI=1S/C15H11N.C9H6ClN.C6H7BO2.3CH4/c1-2-7-13(8-3-1)15-14-9-5-4-6-12(14)10-11-16-15;10-9-8-4-2-1-3-7(8)5-6-11-9;8-7(9)6-4-2-1-3-5-6;;;/h1-11H;1-6H;1-5,8-9H;3*1H4. The summed E-state index contributed by atoms with van der Waals surface area (Å²) in [6, 6.07) is 39.2. The van der Waals surface area contributed by atoms with Gasteiger partial charge in [-0.05, 0) is 28.4 Å². The van der Waals surface area contributed by atoms with Crippen molar-refractivity contribution in [3.8, 4) is 11.3 Å². The maximum Gasteiger partial charge on any atom is 0.488 e. The van der Waals surface area contributed by atoms with Gasteiger partial charge >= 0.3 is 7.12 Å². The minimum atomic E-state index is -1.34. The highest BCUT2D eigenvalue weighted by molar-refractivity contribution is 6.58. The van der Waals surface area contributed by atoms with Gasteiger partial charge in [0.25, 0.3) is 0 Å². The number of halogens is 1. The van der Waals surface area contributed by atoms with E-state index in [0.29, 0.717) is 10.6 Å². The van der Waals surface area contributed by atoms with Crippen LogP contribution in [0, 0.1) is 0 Å². The third kappa shape index (κ3) is 9.04. The number of fused-ring (bicyclic) bond motifs is 2. The average Bonchev–Trinajstić information content (AvgIpc) is 2.95. The van der Waals surface area contributed by atoms with Crippen LogP contribution in [0.2, 0.25) is 5.15 Å². The van der Waals surface area contributed by atoms with Gasteiger partial charge in [-0.15, -0.1) is 0 Å². The Balaban J connectivity index is 0.000000295. The summed E-state index contributed by atoms with van der Waals surface area (Å²) in [5, 5.41) is 22.3. The predicted molar refractivity (Wildman–Crippen MR) is 170 cm³/mol. The molecule has 0 bridgehead atoms. The molecule has 39 heavy (non-hydrogen) atoms. The van der Waals surface area contributed by atoms with Crippen LogP contribution in [0.1, 0.15) is 22.3 Å². The second kappa shape index (κ2) is 16.7. The average molecular weight is 539 g/mol. The van der Waals surface area contributed by atoms with E-state index in [4.69, 9.17) is 21.6 Å². The Morgan fingerprint density at radius 2 is 0.974 bits per heavy atom. The van der Waals surface area contributed by atoms with Crippen LogP contribution in [0.15, 0.2) is 134 Å². The van der Waals surface area contributed by atoms with Crippen LogP contribution in [-0.4, -0.2) is 27.1 Å². The molecule has 0 radical (unpaired) electrons. The highest BCUT2D eigenvalue weighted by Crippen LogP contribution is 2.25. The molecule has 200 valence electrons. The smallest absolute Gasteiger partial charge is 0.423 e. The van der Waals surface area contributed by atoms with Crippen molar-refractivity contribution in [2.24, 2.45) is 0 Å². The van der Waals surface area contributed by atoms with Crippen LogP contribution in [0.25, 0.3) is 32.8 Å². The molecule has 0 unspecified atom stereocenters. The summed E-state index contributed by atoms with van der Waals surface area (Å²) in [7, 11) is -1.34. The minimum Gasteiger partial charge on any atom is -0.423 e. The van der Waals surface area contributed by atoms with Crippen LogP contribution in [0.5, 0.6) is 0 Å². The zero-order valence-electron chi connectivity index (χ0n) is 19.4. The highest BCUT2D eigenvalue weighted by atomic mass is 35.5. The molecule has 0 fully saturated rings. The van der Waals surface area contributed by atoms with Crippen LogP contribution in [0.3, 0.4) is 0 Å². The molecule has 2 heterocycles. The molecule has 2 N–H and O–H groups in total. The molecule has 4 nitrogen and oxygen atoms in total. The maximum atomic E-state index is 8.58. The van der Waals surface area contributed by atoms with Gasteiger partial charge in [0.2, 0.25) is 0 Å². The summed E-state index contributed by atoms with van der Waals surface area (Å²) in [6.07, 6.45) is 3.58. The van der Waals surface area contributed by atoms with Gasteiger partial charge in [-0.2, -0.15) is 0 Å². The van der Waals surface area contributed by atoms with Gasteiger partial charge in [-0.3, -0.25) is 4.98 Å². The lowest BCUT2D eigenvalue weighted by Gasteiger charge is -2.04. The molecule has 0 atom stereocenters. The summed E-state index contributed by atoms with van der Waals surface area (Å²) in [5.41, 5.74) is 2.75. The van der Waals surface area contributed by atoms with Crippen molar-refractivity contribution < 1.29 is 10.0 Å². The first-order valence-corrected chi connectivity index (χ1v) is 11.8. The third-order valence-electron chi connectivity index (χ3n) is 5.44. The van der Waals surface area contributed by atoms with Crippen molar-refractivity contribution >= 4 is 45.7 Å². The number of hydrogen-bond acceptors (Lipinski definition) is 4. The second-order valence-corrected chi connectivity index (χ2v) is 8.21. The largest absolute Gasteiger partial charge is 0.488 e. The van der Waals surface area contributed by atoms with E-state index < -0.39 is 7.12 Å². The first-order chi connectivity index (χ1) is 17.6. The fraction of sp³-hybridized carbons (Fsp3) is 0.0909. The molecule has 0 spiro atoms. The van der Waals surface area contributed by atoms with Gasteiger partial charge in [0.05, 0.1) is 5.69 Å². The molecular weight excluding hydrogens is 503 g/mol. The number of pyridine rings is 2.